The minimum absolute atomic E-state index is 0.531. The van der Waals surface area contributed by atoms with Crippen molar-refractivity contribution >= 4 is 10.4 Å². The monoisotopic (exact) mass is 533 g/mol. The first-order valence-electron chi connectivity index (χ1n) is 3.91. The van der Waals surface area contributed by atoms with Gasteiger partial charge in [-0.1, -0.05) is 0 Å². The summed E-state index contributed by atoms with van der Waals surface area (Å²) in [4.78, 5) is 10.9. The van der Waals surface area contributed by atoms with Gasteiger partial charge in [-0.15, -0.1) is 0 Å². The maximum absolute atomic E-state index is 10.9. The summed E-state index contributed by atoms with van der Waals surface area (Å²) in [6.45, 7) is 5.53. The van der Waals surface area contributed by atoms with Gasteiger partial charge >= 0.3 is 106 Å². The Labute approximate surface area is 106 Å². The molecule has 0 aromatic carbocycles. The molecular formula is C9H11NO2W2. The van der Waals surface area contributed by atoms with Gasteiger partial charge in [0.25, 0.3) is 0 Å². The molecule has 0 saturated carbocycles. The second-order valence-electron chi connectivity index (χ2n) is 2.45. The van der Waals surface area contributed by atoms with Gasteiger partial charge in [-0.25, -0.2) is 0 Å². The number of hydrogen-bond acceptors (Lipinski definition) is 3. The summed E-state index contributed by atoms with van der Waals surface area (Å²) in [6, 6.07) is 0. The molecule has 76 valence electrons. The molecule has 0 spiro atoms. The Morgan fingerprint density at radius 1 is 1.43 bits per heavy atom. The predicted octanol–water partition coefficient (Wildman–Crippen LogP) is 1.81. The molecule has 0 unspecified atom stereocenters. The van der Waals surface area contributed by atoms with Gasteiger partial charge in [0, 0.05) is 0 Å². The average molecular weight is 533 g/mol. The third-order valence-corrected chi connectivity index (χ3v) is 2.71. The van der Waals surface area contributed by atoms with Crippen LogP contribution in [0.25, 0.3) is 0 Å². The Morgan fingerprint density at radius 3 is 2.29 bits per heavy atom. The van der Waals surface area contributed by atoms with Crippen LogP contribution in [0, 0.1) is 0 Å². The molecule has 0 aliphatic carbocycles. The fraction of sp³-hybridized carbons (Fsp3) is 0.333. The van der Waals surface area contributed by atoms with Crippen molar-refractivity contribution in [3.8, 4) is 0 Å². The molecule has 0 aromatic heterocycles. The van der Waals surface area contributed by atoms with E-state index in [9.17, 15) is 4.79 Å². The van der Waals surface area contributed by atoms with Crippen LogP contribution >= 0.6 is 0 Å². The number of rotatable bonds is 5. The third-order valence-electron chi connectivity index (χ3n) is 1.43. The molecule has 3 nitrogen and oxygen atoms in total. The van der Waals surface area contributed by atoms with Gasteiger partial charge in [-0.2, -0.15) is 0 Å². The zero-order chi connectivity index (χ0) is 11.1. The molecule has 0 atom stereocenters. The Morgan fingerprint density at radius 2 is 2.00 bits per heavy atom. The number of nitrogens with zero attached hydrogens (tertiary/aromatic N) is 1. The van der Waals surface area contributed by atoms with E-state index in [1.54, 1.807) is 13.0 Å². The van der Waals surface area contributed by atoms with E-state index in [-0.39, 0.29) is 0 Å². The number of ether oxygens (including phenoxy) is 1. The minimum atomic E-state index is 0.531. The molecule has 0 amide bonds. The summed E-state index contributed by atoms with van der Waals surface area (Å²) in [7, 11) is 0. The van der Waals surface area contributed by atoms with Gasteiger partial charge in [0.05, 0.1) is 0 Å². The first-order valence-corrected chi connectivity index (χ1v) is 6.69. The van der Waals surface area contributed by atoms with E-state index in [0.717, 1.165) is 35.7 Å². The van der Waals surface area contributed by atoms with Gasteiger partial charge in [0.15, 0.2) is 0 Å². The van der Waals surface area contributed by atoms with Gasteiger partial charge in [-0.05, 0) is 0 Å². The van der Waals surface area contributed by atoms with Gasteiger partial charge in [0.2, 0.25) is 0 Å². The van der Waals surface area contributed by atoms with Crippen molar-refractivity contribution in [2.75, 3.05) is 0 Å². The van der Waals surface area contributed by atoms with Crippen molar-refractivity contribution in [3.63, 3.8) is 0 Å². The van der Waals surface area contributed by atoms with Crippen LogP contribution in [0.3, 0.4) is 0 Å². The molecule has 0 heterocycles. The van der Waals surface area contributed by atoms with E-state index in [4.69, 9.17) is 4.74 Å². The van der Waals surface area contributed by atoms with Gasteiger partial charge in [0.1, 0.15) is 0 Å². The van der Waals surface area contributed by atoms with Crippen LogP contribution in [0.5, 0.6) is 0 Å². The van der Waals surface area contributed by atoms with Crippen molar-refractivity contribution in [3.05, 3.63) is 23.1 Å². The van der Waals surface area contributed by atoms with Crippen LogP contribution in [0.1, 0.15) is 20.8 Å². The number of aldehydes is 1. The first kappa shape index (κ1) is 14.0. The summed E-state index contributed by atoms with van der Waals surface area (Å²) in [5.74, 6) is 0.593. The quantitative estimate of drug-likeness (QED) is 0.235. The standard InChI is InChI=1S/C9H11NO2.2W/c1-4-9(12-5-2)8(6-11)7(3)10;;/h4,6H,1-3H3;;. The van der Waals surface area contributed by atoms with E-state index >= 15 is 0 Å². The average Bonchev–Trinajstić information content (AvgIpc) is 2.16. The molecule has 0 radical (unpaired) electrons. The predicted molar refractivity (Wildman–Crippen MR) is 46.7 cm³/mol. The molecule has 5 heteroatoms. The van der Waals surface area contributed by atoms with Gasteiger partial charge < -0.3 is 0 Å². The SMILES string of the molecule is CC=C(O[C](C)=[W])C(C=O)=C(C)[N]=[W]. The summed E-state index contributed by atoms with van der Waals surface area (Å²) in [5.41, 5.74) is 1.25. The number of hydrogen-bond donors (Lipinski definition) is 0. The van der Waals surface area contributed by atoms with Crippen molar-refractivity contribution in [1.82, 2.24) is 0 Å². The van der Waals surface area contributed by atoms with E-state index < -0.39 is 0 Å². The summed E-state index contributed by atoms with van der Waals surface area (Å²) < 4.78 is 10.4. The van der Waals surface area contributed by atoms with Crippen molar-refractivity contribution in [2.24, 2.45) is 3.50 Å². The van der Waals surface area contributed by atoms with E-state index in [2.05, 4.69) is 3.50 Å². The second kappa shape index (κ2) is 7.31. The Balaban J connectivity index is 5.10. The van der Waals surface area contributed by atoms with E-state index in [1.165, 1.54) is 19.4 Å². The van der Waals surface area contributed by atoms with Crippen LogP contribution in [0.4, 0.5) is 0 Å². The fourth-order valence-electron chi connectivity index (χ4n) is 0.795. The third kappa shape index (κ3) is 4.48. The molecule has 0 fully saturated rings. The summed E-state index contributed by atoms with van der Waals surface area (Å²) >= 11 is 2.33. The van der Waals surface area contributed by atoms with Crippen LogP contribution in [0.2, 0.25) is 0 Å². The first-order chi connectivity index (χ1) is 6.56. The maximum atomic E-state index is 10.9. The van der Waals surface area contributed by atoms with Crippen molar-refractivity contribution in [1.29, 1.82) is 0 Å². The zero-order valence-corrected chi connectivity index (χ0v) is 14.1. The van der Waals surface area contributed by atoms with E-state index in [1.807, 2.05) is 13.8 Å². The van der Waals surface area contributed by atoms with Crippen molar-refractivity contribution < 1.29 is 48.5 Å². The molecule has 0 aromatic rings. The van der Waals surface area contributed by atoms with Crippen molar-refractivity contribution in [2.45, 2.75) is 20.8 Å². The Hall–Kier alpha value is -0.00338. The summed E-state index contributed by atoms with van der Waals surface area (Å²) in [6.07, 6.45) is 2.57. The summed E-state index contributed by atoms with van der Waals surface area (Å²) in [5, 5.41) is 0. The van der Waals surface area contributed by atoms with Crippen LogP contribution < -0.4 is 0 Å². The second-order valence-corrected chi connectivity index (χ2v) is 5.18. The van der Waals surface area contributed by atoms with Gasteiger partial charge in [-0.3, -0.25) is 0 Å². The van der Waals surface area contributed by atoms with E-state index in [0.29, 0.717) is 11.3 Å². The van der Waals surface area contributed by atoms with Crippen LogP contribution in [0.15, 0.2) is 26.6 Å². The molecule has 14 heavy (non-hydrogen) atoms. The molecule has 0 N–H and O–H groups in total. The number of carbonyl (C=O) groups is 1. The molecule has 0 rings (SSSR count). The number of allylic oxidation sites excluding steroid dienone is 3. The molecule has 0 aliphatic rings. The molecule has 0 aliphatic heterocycles. The topological polar surface area (TPSA) is 38.7 Å². The fourth-order valence-corrected chi connectivity index (χ4v) is 1.47. The Kier molecular flexibility index (Phi) is 7.31. The zero-order valence-electron chi connectivity index (χ0n) is 8.23. The Bertz CT molecular complexity index is 319. The molecule has 0 bridgehead atoms. The van der Waals surface area contributed by atoms with Crippen LogP contribution in [-0.2, 0) is 48.5 Å². The normalized spacial score (nSPS) is 12.9. The molecule has 0 saturated heterocycles. The molecular weight excluding hydrogens is 522 g/mol. The number of carbonyl (C=O) groups excluding carboxylic acids is 1. The van der Waals surface area contributed by atoms with Crippen LogP contribution in [-0.4, -0.2) is 10.4 Å².